The normalized spacial score (nSPS) is 16.8. The summed E-state index contributed by atoms with van der Waals surface area (Å²) in [6.07, 6.45) is -13.7. The fourth-order valence-corrected chi connectivity index (χ4v) is 5.40. The van der Waals surface area contributed by atoms with Crippen LogP contribution in [0, 0.1) is 25.2 Å². The molecule has 1 aromatic rings. The van der Waals surface area contributed by atoms with Gasteiger partial charge >= 0.3 is 36.4 Å². The number of aryl methyl sites for hydroxylation is 2. The third-order valence-electron chi connectivity index (χ3n) is 6.07. The van der Waals surface area contributed by atoms with Crippen LogP contribution in [0.4, 0.5) is 44.6 Å². The largest absolute Gasteiger partial charge is 0.490 e. The Kier molecular flexibility index (Phi) is 18.5. The number of anilines is 1. The average Bonchev–Trinajstić information content (AvgIpc) is 3.58. The minimum absolute atomic E-state index is 0.0638. The van der Waals surface area contributed by atoms with Crippen LogP contribution in [0.15, 0.2) is 0 Å². The number of likely N-dealkylation sites (tertiary alicyclic amines) is 1. The molecule has 0 aromatic carbocycles. The number of thioether (sulfide) groups is 1. The van der Waals surface area contributed by atoms with Crippen LogP contribution in [0.5, 0.6) is 0 Å². The minimum atomic E-state index is -5.08. The zero-order valence-electron chi connectivity index (χ0n) is 25.7. The molecule has 50 heavy (non-hydrogen) atoms. The number of rotatable bonds is 6. The molecule has 284 valence electrons. The molecule has 15 nitrogen and oxygen atoms in total. The molecule has 6 N–H and O–H groups in total. The van der Waals surface area contributed by atoms with Gasteiger partial charge in [-0.2, -0.15) is 44.8 Å². The highest BCUT2D eigenvalue weighted by molar-refractivity contribution is 7.99. The summed E-state index contributed by atoms with van der Waals surface area (Å²) < 4.78 is 95.2. The molecule has 2 fully saturated rings. The lowest BCUT2D eigenvalue weighted by Crippen LogP contribution is -2.53. The van der Waals surface area contributed by atoms with Crippen molar-refractivity contribution < 1.29 is 78.8 Å². The van der Waals surface area contributed by atoms with Crippen molar-refractivity contribution in [1.29, 1.82) is 5.26 Å². The molecule has 2 amide bonds. The van der Waals surface area contributed by atoms with Gasteiger partial charge in [-0.15, -0.1) is 23.1 Å². The second-order valence-electron chi connectivity index (χ2n) is 9.81. The molecule has 2 aliphatic rings. The number of carboxylic acids is 3. The molecule has 0 saturated carbocycles. The number of piperidine rings is 1. The Morgan fingerprint density at radius 3 is 1.74 bits per heavy atom. The van der Waals surface area contributed by atoms with E-state index in [1.807, 2.05) is 13.8 Å². The van der Waals surface area contributed by atoms with E-state index in [9.17, 15) is 49.1 Å². The molecule has 0 bridgehead atoms. The van der Waals surface area contributed by atoms with Crippen LogP contribution in [0.25, 0.3) is 0 Å². The van der Waals surface area contributed by atoms with Gasteiger partial charge in [0, 0.05) is 29.8 Å². The first-order chi connectivity index (χ1) is 22.7. The number of nitrogens with two attached hydrogens (primary N) is 1. The number of halogens is 9. The van der Waals surface area contributed by atoms with Crippen molar-refractivity contribution in [1.82, 2.24) is 19.8 Å². The van der Waals surface area contributed by atoms with Gasteiger partial charge in [-0.1, -0.05) is 0 Å². The van der Waals surface area contributed by atoms with Gasteiger partial charge in [0.1, 0.15) is 6.04 Å². The number of aromatic nitrogens is 1. The van der Waals surface area contributed by atoms with E-state index in [-0.39, 0.29) is 30.4 Å². The predicted octanol–water partition coefficient (Wildman–Crippen LogP) is 2.66. The average molecular weight is 780 g/mol. The zero-order chi connectivity index (χ0) is 39.2. The van der Waals surface area contributed by atoms with Gasteiger partial charge in [0.2, 0.25) is 11.8 Å². The molecule has 3 rings (SSSR count). The van der Waals surface area contributed by atoms with E-state index in [0.29, 0.717) is 23.3 Å². The van der Waals surface area contributed by atoms with Crippen LogP contribution in [0.1, 0.15) is 23.4 Å². The van der Waals surface area contributed by atoms with Crippen molar-refractivity contribution in [3.63, 3.8) is 0 Å². The summed E-state index contributed by atoms with van der Waals surface area (Å²) in [6, 6.07) is 1.91. The quantitative estimate of drug-likeness (QED) is 0.159. The van der Waals surface area contributed by atoms with E-state index >= 15 is 0 Å². The minimum Gasteiger partial charge on any atom is -0.475 e. The van der Waals surface area contributed by atoms with Crippen molar-refractivity contribution >= 4 is 58.0 Å². The molecule has 2 aliphatic heterocycles. The first-order valence-corrected chi connectivity index (χ1v) is 15.3. The summed E-state index contributed by atoms with van der Waals surface area (Å²) in [6.45, 7) is 5.85. The summed E-state index contributed by atoms with van der Waals surface area (Å²) in [5.74, 6) is -1.06. The van der Waals surface area contributed by atoms with Gasteiger partial charge in [0.25, 0.3) is 0 Å². The number of thiazole rings is 1. The highest BCUT2D eigenvalue weighted by atomic mass is 32.2. The van der Waals surface area contributed by atoms with Crippen LogP contribution < -0.4 is 11.2 Å². The van der Waals surface area contributed by atoms with Crippen molar-refractivity contribution in [3.8, 4) is 6.07 Å². The Bertz CT molecular complexity index is 1290. The number of aliphatic carboxylic acids is 3. The van der Waals surface area contributed by atoms with Crippen LogP contribution in [0.3, 0.4) is 0 Å². The summed E-state index contributed by atoms with van der Waals surface area (Å²) in [5, 5.41) is 35.6. The maximum Gasteiger partial charge on any atom is 0.490 e. The number of nitriles is 1. The van der Waals surface area contributed by atoms with E-state index < -0.39 is 36.4 Å². The summed E-state index contributed by atoms with van der Waals surface area (Å²) in [7, 11) is 0. The first-order valence-electron chi connectivity index (χ1n) is 13.3. The van der Waals surface area contributed by atoms with Crippen LogP contribution in [-0.2, 0) is 24.0 Å². The number of hydrogen-bond acceptors (Lipinski definition) is 12. The molecule has 0 radical (unpaired) electrons. The SMILES string of the molecule is Cc1nc(NC(=O)CN2CCC(N(N)CC(=O)N3CSCC3C#N)CC2)sc1C.O=C(O)C(F)(F)F.O=C(O)C(F)(F)F.O=C(O)C(F)(F)F. The summed E-state index contributed by atoms with van der Waals surface area (Å²) >= 11 is 3.07. The van der Waals surface area contributed by atoms with E-state index in [4.69, 9.17) is 40.8 Å². The van der Waals surface area contributed by atoms with Gasteiger partial charge in [0.05, 0.1) is 30.7 Å². The highest BCUT2D eigenvalue weighted by Crippen LogP contribution is 2.23. The zero-order valence-corrected chi connectivity index (χ0v) is 27.4. The second-order valence-corrected chi connectivity index (χ2v) is 12.0. The molecule has 2 saturated heterocycles. The smallest absolute Gasteiger partial charge is 0.475 e. The van der Waals surface area contributed by atoms with Gasteiger partial charge in [0.15, 0.2) is 5.13 Å². The fourth-order valence-electron chi connectivity index (χ4n) is 3.47. The van der Waals surface area contributed by atoms with Gasteiger partial charge < -0.3 is 25.5 Å². The number of hydrazine groups is 1. The standard InChI is InChI=1S/C18H27N7O2S2.3C2HF3O2/c1-12-13(2)29-18(21-12)22-16(26)8-23-5-3-14(4-6-23)25(20)9-17(27)24-11-28-10-15(24)7-19;3*3-2(4,5)1(6)7/h14-15H,3-6,8-11,20H2,1-2H3,(H,21,22,26);3*(H,6,7). The predicted molar refractivity (Wildman–Crippen MR) is 155 cm³/mol. The van der Waals surface area contributed by atoms with Crippen molar-refractivity contribution in [3.05, 3.63) is 10.6 Å². The number of carbonyl (C=O) groups excluding carboxylic acids is 2. The van der Waals surface area contributed by atoms with E-state index in [1.165, 1.54) is 11.3 Å². The van der Waals surface area contributed by atoms with E-state index in [0.717, 1.165) is 36.5 Å². The highest BCUT2D eigenvalue weighted by Gasteiger charge is 2.39. The summed E-state index contributed by atoms with van der Waals surface area (Å²) in [5.41, 5.74) is 0.942. The monoisotopic (exact) mass is 779 g/mol. The topological polar surface area (TPSA) is 230 Å². The van der Waals surface area contributed by atoms with Gasteiger partial charge in [-0.25, -0.2) is 24.4 Å². The number of nitrogens with zero attached hydrogens (tertiary/aromatic N) is 5. The molecule has 1 atom stereocenters. The molecule has 1 unspecified atom stereocenters. The molecule has 3 heterocycles. The Balaban J connectivity index is 0.000000928. The van der Waals surface area contributed by atoms with Crippen LogP contribution >= 0.6 is 23.1 Å². The molecule has 26 heteroatoms. The number of carboxylic acid groups (broad SMARTS) is 3. The number of nitrogens with one attached hydrogen (secondary N) is 1. The third-order valence-corrected chi connectivity index (χ3v) is 8.07. The number of carbonyl (C=O) groups is 5. The molecule has 0 aliphatic carbocycles. The Labute approximate surface area is 284 Å². The number of hydrogen-bond donors (Lipinski definition) is 5. The lowest BCUT2D eigenvalue weighted by molar-refractivity contribution is -0.193. The number of alkyl halides is 9. The van der Waals surface area contributed by atoms with Crippen molar-refractivity contribution in [2.24, 2.45) is 5.84 Å². The van der Waals surface area contributed by atoms with Gasteiger partial charge in [-0.3, -0.25) is 20.3 Å². The molecule has 0 spiro atoms. The first kappa shape index (κ1) is 46.1. The van der Waals surface area contributed by atoms with E-state index in [1.54, 1.807) is 21.7 Å². The molecular weight excluding hydrogens is 749 g/mol. The fraction of sp³-hybridized carbons (Fsp3) is 0.625. The van der Waals surface area contributed by atoms with Crippen LogP contribution in [0.2, 0.25) is 0 Å². The molecular formula is C24H30F9N7O8S2. The van der Waals surface area contributed by atoms with Crippen molar-refractivity contribution in [2.45, 2.75) is 57.3 Å². The Morgan fingerprint density at radius 1 is 0.940 bits per heavy atom. The third kappa shape index (κ3) is 17.6. The Hall–Kier alpha value is -3.93. The summed E-state index contributed by atoms with van der Waals surface area (Å²) in [4.78, 5) is 60.5. The lowest BCUT2D eigenvalue weighted by Gasteiger charge is -2.36. The maximum atomic E-state index is 12.4. The Morgan fingerprint density at radius 2 is 1.38 bits per heavy atom. The molecule has 1 aromatic heterocycles. The van der Waals surface area contributed by atoms with Crippen LogP contribution in [-0.4, -0.2) is 133 Å². The number of amides is 2. The lowest BCUT2D eigenvalue weighted by atomic mass is 10.0. The maximum absolute atomic E-state index is 12.4. The van der Waals surface area contributed by atoms with Gasteiger partial charge in [-0.05, 0) is 26.7 Å². The van der Waals surface area contributed by atoms with E-state index in [2.05, 4.69) is 21.3 Å². The second kappa shape index (κ2) is 20.1. The van der Waals surface area contributed by atoms with Crippen molar-refractivity contribution in [2.75, 3.05) is 43.1 Å².